The van der Waals surface area contributed by atoms with Crippen molar-refractivity contribution in [1.29, 1.82) is 5.26 Å². The molecule has 0 bridgehead atoms. The minimum absolute atomic E-state index is 0.177. The van der Waals surface area contributed by atoms with Crippen LogP contribution in [0, 0.1) is 11.3 Å². The molecule has 2 aliphatic rings. The Morgan fingerprint density at radius 1 is 1.00 bits per heavy atom. The molecule has 51 heavy (non-hydrogen) atoms. The van der Waals surface area contributed by atoms with Crippen molar-refractivity contribution >= 4 is 11.6 Å². The monoisotopic (exact) mass is 699 g/mol. The van der Waals surface area contributed by atoms with Crippen molar-refractivity contribution in [3.05, 3.63) is 48.7 Å². The second-order valence-electron chi connectivity index (χ2n) is 13.8. The topological polar surface area (TPSA) is 163 Å². The number of ether oxygens (including phenoxy) is 4. The molecule has 15 nitrogen and oxygen atoms in total. The van der Waals surface area contributed by atoms with E-state index in [0.29, 0.717) is 48.9 Å². The summed E-state index contributed by atoms with van der Waals surface area (Å²) in [6.45, 7) is 13.8. The Hall–Kier alpha value is -4.65. The van der Waals surface area contributed by atoms with Gasteiger partial charge in [0.15, 0.2) is 0 Å². The van der Waals surface area contributed by atoms with E-state index in [1.54, 1.807) is 23.1 Å². The molecule has 0 amide bonds. The van der Waals surface area contributed by atoms with Gasteiger partial charge in [-0.25, -0.2) is 14.6 Å². The van der Waals surface area contributed by atoms with Gasteiger partial charge in [-0.3, -0.25) is 9.58 Å². The number of morpholine rings is 1. The number of hydrogen-bond acceptors (Lipinski definition) is 13. The van der Waals surface area contributed by atoms with Gasteiger partial charge in [0.1, 0.15) is 29.9 Å². The zero-order valence-electron chi connectivity index (χ0n) is 30.2. The quantitative estimate of drug-likeness (QED) is 0.161. The first-order valence-electron chi connectivity index (χ1n) is 18.0. The van der Waals surface area contributed by atoms with Crippen LogP contribution >= 0.6 is 0 Å². The van der Waals surface area contributed by atoms with Gasteiger partial charge in [0.05, 0.1) is 55.9 Å². The van der Waals surface area contributed by atoms with Crippen LogP contribution in [0.2, 0.25) is 0 Å². The van der Waals surface area contributed by atoms with Crippen LogP contribution in [-0.4, -0.2) is 102 Å². The van der Waals surface area contributed by atoms with Gasteiger partial charge in [0.2, 0.25) is 5.95 Å². The van der Waals surface area contributed by atoms with Crippen molar-refractivity contribution in [2.24, 2.45) is 0 Å². The standard InChI is InChI=1S/C36H49N11O4/c1-24(2)48-13-6-14-49-35-33(22-47(42-35)32-11-9-31(10-12-32)45-19-25(3)50-26(4)20-45)41-36-38-17-30(18-39-36)28-7-8-29(16-37)34(15-28)51-27(5)21-46-23-40-43-44-46/h7-8,15,17-18,22-27,31-32H,6,9-14,19-21H2,1-5H3,(H,38,39,41)/t25-,26+,27?,31?,32?. The summed E-state index contributed by atoms with van der Waals surface area (Å²) in [7, 11) is 0. The smallest absolute Gasteiger partial charge is 0.256 e. The number of nitrogens with zero attached hydrogens (tertiary/aromatic N) is 10. The number of aromatic nitrogens is 8. The molecule has 1 aromatic carbocycles. The highest BCUT2D eigenvalue weighted by molar-refractivity contribution is 5.67. The van der Waals surface area contributed by atoms with E-state index in [2.05, 4.69) is 60.3 Å². The lowest BCUT2D eigenvalue weighted by Crippen LogP contribution is -2.51. The minimum Gasteiger partial charge on any atom is -0.487 e. The summed E-state index contributed by atoms with van der Waals surface area (Å²) in [5.74, 6) is 1.41. The van der Waals surface area contributed by atoms with E-state index in [4.69, 9.17) is 24.0 Å². The van der Waals surface area contributed by atoms with E-state index in [1.807, 2.05) is 39.1 Å². The second-order valence-corrected chi connectivity index (χ2v) is 13.8. The van der Waals surface area contributed by atoms with Gasteiger partial charge in [-0.15, -0.1) is 10.2 Å². The second kappa shape index (κ2) is 17.0. The number of nitriles is 1. The maximum Gasteiger partial charge on any atom is 0.256 e. The molecule has 1 N–H and O–H groups in total. The molecule has 15 heteroatoms. The average Bonchev–Trinajstić information content (AvgIpc) is 3.78. The minimum atomic E-state index is -0.272. The lowest BCUT2D eigenvalue weighted by molar-refractivity contribution is -0.0852. The summed E-state index contributed by atoms with van der Waals surface area (Å²) in [6.07, 6.45) is 12.6. The van der Waals surface area contributed by atoms with Crippen LogP contribution in [0.25, 0.3) is 11.1 Å². The third-order valence-electron chi connectivity index (χ3n) is 9.18. The summed E-state index contributed by atoms with van der Waals surface area (Å²) in [4.78, 5) is 11.9. The molecule has 1 aliphatic heterocycles. The molecule has 1 aliphatic carbocycles. The maximum atomic E-state index is 9.69. The summed E-state index contributed by atoms with van der Waals surface area (Å²) in [6, 6.07) is 8.49. The van der Waals surface area contributed by atoms with Gasteiger partial charge in [0.25, 0.3) is 5.88 Å². The van der Waals surface area contributed by atoms with E-state index >= 15 is 0 Å². The number of rotatable bonds is 15. The Kier molecular flexibility index (Phi) is 12.1. The number of hydrogen-bond donors (Lipinski definition) is 1. The Morgan fingerprint density at radius 3 is 2.43 bits per heavy atom. The first-order chi connectivity index (χ1) is 24.7. The molecule has 1 saturated heterocycles. The molecule has 3 aromatic heterocycles. The highest BCUT2D eigenvalue weighted by Crippen LogP contribution is 2.35. The molecule has 4 heterocycles. The maximum absolute atomic E-state index is 9.69. The van der Waals surface area contributed by atoms with Gasteiger partial charge in [-0.2, -0.15) is 5.26 Å². The Morgan fingerprint density at radius 2 is 1.75 bits per heavy atom. The van der Waals surface area contributed by atoms with E-state index < -0.39 is 0 Å². The Labute approximate surface area is 299 Å². The summed E-state index contributed by atoms with van der Waals surface area (Å²) in [5, 5.41) is 29.2. The van der Waals surface area contributed by atoms with Crippen molar-refractivity contribution in [1.82, 2.24) is 44.9 Å². The fourth-order valence-electron chi connectivity index (χ4n) is 6.84. The fourth-order valence-corrected chi connectivity index (χ4v) is 6.84. The van der Waals surface area contributed by atoms with Crippen molar-refractivity contribution in [2.45, 2.75) is 110 Å². The van der Waals surface area contributed by atoms with Crippen LogP contribution in [0.1, 0.15) is 78.3 Å². The van der Waals surface area contributed by atoms with Gasteiger partial charge >= 0.3 is 0 Å². The lowest BCUT2D eigenvalue weighted by Gasteiger charge is -2.42. The van der Waals surface area contributed by atoms with Crippen molar-refractivity contribution < 1.29 is 18.9 Å². The fraction of sp³-hybridized carbons (Fsp3) is 0.583. The van der Waals surface area contributed by atoms with Crippen molar-refractivity contribution in [3.8, 4) is 28.8 Å². The molecule has 4 aromatic rings. The molecule has 1 saturated carbocycles. The largest absolute Gasteiger partial charge is 0.487 e. The summed E-state index contributed by atoms with van der Waals surface area (Å²) < 4.78 is 27.6. The van der Waals surface area contributed by atoms with Gasteiger partial charge < -0.3 is 24.3 Å². The first-order valence-corrected chi connectivity index (χ1v) is 18.0. The predicted octanol–water partition coefficient (Wildman–Crippen LogP) is 5.20. The zero-order chi connectivity index (χ0) is 35.7. The molecular formula is C36H49N11O4. The molecule has 272 valence electrons. The normalized spacial score (nSPS) is 21.7. The number of anilines is 2. The summed E-state index contributed by atoms with van der Waals surface area (Å²) in [5.41, 5.74) is 2.75. The van der Waals surface area contributed by atoms with Crippen LogP contribution < -0.4 is 14.8 Å². The number of tetrazole rings is 1. The molecule has 0 spiro atoms. The number of benzene rings is 1. The third kappa shape index (κ3) is 9.78. The van der Waals surface area contributed by atoms with Crippen molar-refractivity contribution in [2.75, 3.05) is 31.6 Å². The van der Waals surface area contributed by atoms with Gasteiger partial charge in [-0.05, 0) is 88.4 Å². The molecule has 0 radical (unpaired) electrons. The molecule has 6 rings (SSSR count). The van der Waals surface area contributed by atoms with Crippen LogP contribution in [0.15, 0.2) is 43.1 Å². The average molecular weight is 700 g/mol. The highest BCUT2D eigenvalue weighted by Gasteiger charge is 2.32. The van der Waals surface area contributed by atoms with E-state index in [1.165, 1.54) is 6.33 Å². The lowest BCUT2D eigenvalue weighted by atomic mass is 9.89. The predicted molar refractivity (Wildman–Crippen MR) is 190 cm³/mol. The van der Waals surface area contributed by atoms with Crippen LogP contribution in [0.5, 0.6) is 11.6 Å². The van der Waals surface area contributed by atoms with E-state index in [-0.39, 0.29) is 30.5 Å². The van der Waals surface area contributed by atoms with Gasteiger partial charge in [-0.1, -0.05) is 6.07 Å². The van der Waals surface area contributed by atoms with E-state index in [9.17, 15) is 5.26 Å². The van der Waals surface area contributed by atoms with Crippen LogP contribution in [-0.2, 0) is 16.0 Å². The third-order valence-corrected chi connectivity index (χ3v) is 9.18. The Balaban J connectivity index is 1.13. The first kappa shape index (κ1) is 36.2. The molecule has 3 atom stereocenters. The van der Waals surface area contributed by atoms with Crippen molar-refractivity contribution in [3.63, 3.8) is 0 Å². The van der Waals surface area contributed by atoms with Crippen LogP contribution in [0.4, 0.5) is 11.6 Å². The Bertz CT molecular complexity index is 1710. The number of nitrogens with one attached hydrogen (secondary N) is 1. The summed E-state index contributed by atoms with van der Waals surface area (Å²) >= 11 is 0. The zero-order valence-corrected chi connectivity index (χ0v) is 30.2. The molecule has 2 fully saturated rings. The molecular weight excluding hydrogens is 650 g/mol. The highest BCUT2D eigenvalue weighted by atomic mass is 16.5. The van der Waals surface area contributed by atoms with Gasteiger partial charge in [0, 0.05) is 43.5 Å². The van der Waals surface area contributed by atoms with Crippen LogP contribution in [0.3, 0.4) is 0 Å². The molecule has 1 unspecified atom stereocenters. The SMILES string of the molecule is CC(C)OCCCOc1nn(C2CCC(N3C[C@@H](C)O[C@@H](C)C3)CC2)cc1Nc1ncc(-c2ccc(C#N)c(OC(C)Cn3cnnn3)c2)cn1. The van der Waals surface area contributed by atoms with E-state index in [0.717, 1.165) is 62.0 Å².